The smallest absolute Gasteiger partial charge is 0.142 e. The normalized spacial score (nSPS) is 22.6. The van der Waals surface area contributed by atoms with Gasteiger partial charge < -0.3 is 15.4 Å². The minimum atomic E-state index is 0.626. The molecule has 0 saturated heterocycles. The molecular weight excluding hydrogens is 248 g/mol. The van der Waals surface area contributed by atoms with Gasteiger partial charge in [-0.05, 0) is 43.9 Å². The average Bonchev–Trinajstić information content (AvgIpc) is 2.48. The Kier molecular flexibility index (Phi) is 5.72. The third-order valence-electron chi connectivity index (χ3n) is 4.35. The van der Waals surface area contributed by atoms with Gasteiger partial charge in [0.15, 0.2) is 0 Å². The molecule has 0 radical (unpaired) electrons. The van der Waals surface area contributed by atoms with Gasteiger partial charge in [0.1, 0.15) is 5.75 Å². The molecule has 1 aromatic rings. The number of hydrogen-bond donors (Lipinski definition) is 1. The minimum Gasteiger partial charge on any atom is -0.495 e. The van der Waals surface area contributed by atoms with Crippen molar-refractivity contribution in [2.24, 2.45) is 11.7 Å². The van der Waals surface area contributed by atoms with Gasteiger partial charge in [-0.2, -0.15) is 0 Å². The number of rotatable bonds is 6. The zero-order valence-electron chi connectivity index (χ0n) is 12.8. The molecule has 112 valence electrons. The lowest BCUT2D eigenvalue weighted by atomic mass is 9.86. The van der Waals surface area contributed by atoms with Crippen LogP contribution in [0, 0.1) is 5.92 Å². The Balaban J connectivity index is 2.21. The van der Waals surface area contributed by atoms with Gasteiger partial charge >= 0.3 is 0 Å². The van der Waals surface area contributed by atoms with Crippen LogP contribution in [0.15, 0.2) is 24.3 Å². The fraction of sp³-hybridized carbons (Fsp3) is 0.647. The number of anilines is 1. The van der Waals surface area contributed by atoms with Crippen molar-refractivity contribution in [2.45, 2.75) is 45.1 Å². The molecule has 1 aliphatic carbocycles. The number of methoxy groups -OCH3 is 1. The SMILES string of the molecule is COc1ccccc1N(CCCN)C1CCCC(C)C1. The molecule has 0 amide bonds. The van der Waals surface area contributed by atoms with E-state index in [4.69, 9.17) is 10.5 Å². The molecule has 0 aromatic heterocycles. The maximum Gasteiger partial charge on any atom is 0.142 e. The third kappa shape index (κ3) is 3.66. The lowest BCUT2D eigenvalue weighted by Gasteiger charge is -2.39. The Morgan fingerprint density at radius 3 is 2.80 bits per heavy atom. The van der Waals surface area contributed by atoms with Crippen molar-refractivity contribution in [1.82, 2.24) is 0 Å². The molecule has 2 unspecified atom stereocenters. The average molecular weight is 276 g/mol. The van der Waals surface area contributed by atoms with Gasteiger partial charge in [0.2, 0.25) is 0 Å². The molecule has 20 heavy (non-hydrogen) atoms. The summed E-state index contributed by atoms with van der Waals surface area (Å²) >= 11 is 0. The molecule has 0 spiro atoms. The second-order valence-corrected chi connectivity index (χ2v) is 5.93. The maximum absolute atomic E-state index is 5.72. The number of benzene rings is 1. The molecule has 2 N–H and O–H groups in total. The Morgan fingerprint density at radius 1 is 1.30 bits per heavy atom. The summed E-state index contributed by atoms with van der Waals surface area (Å²) in [6, 6.07) is 8.99. The van der Waals surface area contributed by atoms with E-state index in [9.17, 15) is 0 Å². The van der Waals surface area contributed by atoms with E-state index < -0.39 is 0 Å². The first-order chi connectivity index (χ1) is 9.76. The summed E-state index contributed by atoms with van der Waals surface area (Å²) in [5.74, 6) is 1.80. The predicted molar refractivity (Wildman–Crippen MR) is 85.4 cm³/mol. The van der Waals surface area contributed by atoms with Crippen LogP contribution in [0.3, 0.4) is 0 Å². The van der Waals surface area contributed by atoms with E-state index in [-0.39, 0.29) is 0 Å². The van der Waals surface area contributed by atoms with E-state index in [1.54, 1.807) is 7.11 Å². The van der Waals surface area contributed by atoms with Gasteiger partial charge in [0.05, 0.1) is 12.8 Å². The number of nitrogens with zero attached hydrogens (tertiary/aromatic N) is 1. The molecule has 0 aliphatic heterocycles. The highest BCUT2D eigenvalue weighted by Gasteiger charge is 2.26. The minimum absolute atomic E-state index is 0.626. The van der Waals surface area contributed by atoms with Crippen LogP contribution in [-0.2, 0) is 0 Å². The zero-order chi connectivity index (χ0) is 14.4. The molecule has 0 bridgehead atoms. The van der Waals surface area contributed by atoms with Crippen molar-refractivity contribution in [1.29, 1.82) is 0 Å². The molecular formula is C17H28N2O. The van der Waals surface area contributed by atoms with Gasteiger partial charge in [-0.15, -0.1) is 0 Å². The van der Waals surface area contributed by atoms with E-state index >= 15 is 0 Å². The van der Waals surface area contributed by atoms with Crippen LogP contribution in [0.2, 0.25) is 0 Å². The van der Waals surface area contributed by atoms with Gasteiger partial charge in [-0.1, -0.05) is 31.9 Å². The van der Waals surface area contributed by atoms with Crippen LogP contribution in [-0.4, -0.2) is 26.2 Å². The summed E-state index contributed by atoms with van der Waals surface area (Å²) in [6.45, 7) is 4.14. The van der Waals surface area contributed by atoms with Crippen molar-refractivity contribution in [3.8, 4) is 5.75 Å². The van der Waals surface area contributed by atoms with Gasteiger partial charge in [0, 0.05) is 12.6 Å². The summed E-state index contributed by atoms with van der Waals surface area (Å²) in [6.07, 6.45) is 6.30. The highest BCUT2D eigenvalue weighted by atomic mass is 16.5. The highest BCUT2D eigenvalue weighted by Crippen LogP contribution is 2.35. The van der Waals surface area contributed by atoms with E-state index in [1.807, 2.05) is 6.07 Å². The molecule has 1 aliphatic rings. The Bertz CT molecular complexity index is 408. The second-order valence-electron chi connectivity index (χ2n) is 5.93. The molecule has 2 rings (SSSR count). The fourth-order valence-corrected chi connectivity index (χ4v) is 3.31. The summed E-state index contributed by atoms with van der Waals surface area (Å²) in [5.41, 5.74) is 6.95. The third-order valence-corrected chi connectivity index (χ3v) is 4.35. The molecule has 1 saturated carbocycles. The van der Waals surface area contributed by atoms with Crippen LogP contribution in [0.1, 0.15) is 39.0 Å². The lowest BCUT2D eigenvalue weighted by Crippen LogP contribution is -2.40. The number of para-hydroxylation sites is 2. The Hall–Kier alpha value is -1.22. The topological polar surface area (TPSA) is 38.5 Å². The molecule has 0 heterocycles. The van der Waals surface area contributed by atoms with Crippen LogP contribution < -0.4 is 15.4 Å². The van der Waals surface area contributed by atoms with Gasteiger partial charge in [-0.25, -0.2) is 0 Å². The van der Waals surface area contributed by atoms with E-state index in [0.29, 0.717) is 6.04 Å². The molecule has 2 atom stereocenters. The van der Waals surface area contributed by atoms with Crippen LogP contribution in [0.4, 0.5) is 5.69 Å². The summed E-state index contributed by atoms with van der Waals surface area (Å²) in [7, 11) is 1.75. The van der Waals surface area contributed by atoms with E-state index in [1.165, 1.54) is 31.4 Å². The van der Waals surface area contributed by atoms with Crippen LogP contribution in [0.25, 0.3) is 0 Å². The standard InChI is InChI=1S/C17H28N2O/c1-14-7-5-8-15(13-14)19(12-6-11-18)16-9-3-4-10-17(16)20-2/h3-4,9-10,14-15H,5-8,11-13,18H2,1-2H3. The number of hydrogen-bond acceptors (Lipinski definition) is 3. The van der Waals surface area contributed by atoms with Crippen molar-refractivity contribution in [3.63, 3.8) is 0 Å². The predicted octanol–water partition coefficient (Wildman–Crippen LogP) is 3.43. The fourth-order valence-electron chi connectivity index (χ4n) is 3.31. The maximum atomic E-state index is 5.72. The largest absolute Gasteiger partial charge is 0.495 e. The first-order valence-corrected chi connectivity index (χ1v) is 7.86. The molecule has 3 heteroatoms. The van der Waals surface area contributed by atoms with Crippen LogP contribution >= 0.6 is 0 Å². The zero-order valence-corrected chi connectivity index (χ0v) is 12.8. The molecule has 1 aromatic carbocycles. The van der Waals surface area contributed by atoms with Crippen LogP contribution in [0.5, 0.6) is 5.75 Å². The number of nitrogens with two attached hydrogens (primary N) is 1. The summed E-state index contributed by atoms with van der Waals surface area (Å²) < 4.78 is 5.55. The summed E-state index contributed by atoms with van der Waals surface area (Å²) in [5, 5.41) is 0. The lowest BCUT2D eigenvalue weighted by molar-refractivity contribution is 0.326. The Morgan fingerprint density at radius 2 is 2.10 bits per heavy atom. The van der Waals surface area contributed by atoms with Crippen molar-refractivity contribution in [3.05, 3.63) is 24.3 Å². The highest BCUT2D eigenvalue weighted by molar-refractivity contribution is 5.59. The first kappa shape index (κ1) is 15.2. The van der Waals surface area contributed by atoms with E-state index in [0.717, 1.165) is 31.2 Å². The quantitative estimate of drug-likeness (QED) is 0.865. The van der Waals surface area contributed by atoms with Gasteiger partial charge in [0.25, 0.3) is 0 Å². The van der Waals surface area contributed by atoms with Crippen molar-refractivity contribution >= 4 is 5.69 Å². The second kappa shape index (κ2) is 7.53. The molecule has 3 nitrogen and oxygen atoms in total. The van der Waals surface area contributed by atoms with E-state index in [2.05, 4.69) is 30.0 Å². The first-order valence-electron chi connectivity index (χ1n) is 7.86. The Labute approximate surface area is 123 Å². The summed E-state index contributed by atoms with van der Waals surface area (Å²) in [4.78, 5) is 2.53. The van der Waals surface area contributed by atoms with Crippen molar-refractivity contribution in [2.75, 3.05) is 25.1 Å². The molecule has 1 fully saturated rings. The monoisotopic (exact) mass is 276 g/mol. The van der Waals surface area contributed by atoms with Gasteiger partial charge in [-0.3, -0.25) is 0 Å². The van der Waals surface area contributed by atoms with Crippen molar-refractivity contribution < 1.29 is 4.74 Å². The number of ether oxygens (including phenoxy) is 1.